The first-order valence-corrected chi connectivity index (χ1v) is 9.37. The second-order valence-corrected chi connectivity index (χ2v) is 6.67. The number of nitrogens with zero attached hydrogens (tertiary/aromatic N) is 2. The topological polar surface area (TPSA) is 66.5 Å². The second kappa shape index (κ2) is 9.71. The van der Waals surface area contributed by atoms with Crippen molar-refractivity contribution in [2.24, 2.45) is 0 Å². The molecular formula is C20H23F3N4O2. The van der Waals surface area contributed by atoms with E-state index in [1.807, 2.05) is 0 Å². The van der Waals surface area contributed by atoms with E-state index in [0.29, 0.717) is 17.9 Å². The summed E-state index contributed by atoms with van der Waals surface area (Å²) in [7, 11) is 0. The van der Waals surface area contributed by atoms with Gasteiger partial charge in [-0.3, -0.25) is 9.69 Å². The van der Waals surface area contributed by atoms with E-state index in [0.717, 1.165) is 45.0 Å². The van der Waals surface area contributed by atoms with Crippen molar-refractivity contribution in [2.45, 2.75) is 12.7 Å². The van der Waals surface area contributed by atoms with Crippen molar-refractivity contribution in [2.75, 3.05) is 44.7 Å². The lowest BCUT2D eigenvalue weighted by Gasteiger charge is -2.26. The van der Waals surface area contributed by atoms with Crippen molar-refractivity contribution in [3.05, 3.63) is 59.3 Å². The number of pyridine rings is 1. The van der Waals surface area contributed by atoms with Crippen molar-refractivity contribution in [3.8, 4) is 0 Å². The Kier molecular flexibility index (Phi) is 7.05. The number of halogens is 3. The van der Waals surface area contributed by atoms with Crippen LogP contribution in [0.2, 0.25) is 0 Å². The van der Waals surface area contributed by atoms with Crippen LogP contribution >= 0.6 is 0 Å². The zero-order valence-electron chi connectivity index (χ0n) is 15.8. The summed E-state index contributed by atoms with van der Waals surface area (Å²) in [6.07, 6.45) is -4.41. The number of hydrogen-bond donors (Lipinski definition) is 2. The SMILES string of the molecule is O=C(NCc1cccc(C(F)(F)F)c1)c1cccc(NCCN2CCOCC2)n1. The van der Waals surface area contributed by atoms with Gasteiger partial charge in [-0.05, 0) is 29.8 Å². The molecule has 0 radical (unpaired) electrons. The molecule has 1 saturated heterocycles. The fourth-order valence-electron chi connectivity index (χ4n) is 2.96. The predicted octanol–water partition coefficient (Wildman–Crippen LogP) is 2.77. The number of carbonyl (C=O) groups excluding carboxylic acids is 1. The Morgan fingerprint density at radius 3 is 2.66 bits per heavy atom. The number of aromatic nitrogens is 1. The van der Waals surface area contributed by atoms with Crippen molar-refractivity contribution >= 4 is 11.7 Å². The number of rotatable bonds is 7. The van der Waals surface area contributed by atoms with Crippen molar-refractivity contribution in [3.63, 3.8) is 0 Å². The predicted molar refractivity (Wildman–Crippen MR) is 103 cm³/mol. The third-order valence-corrected chi connectivity index (χ3v) is 4.53. The molecule has 0 bridgehead atoms. The van der Waals surface area contributed by atoms with E-state index in [1.54, 1.807) is 18.2 Å². The molecule has 2 heterocycles. The van der Waals surface area contributed by atoms with Crippen LogP contribution < -0.4 is 10.6 Å². The zero-order valence-corrected chi connectivity index (χ0v) is 15.8. The molecule has 2 aromatic rings. The van der Waals surface area contributed by atoms with Crippen LogP contribution in [-0.4, -0.2) is 55.2 Å². The Balaban J connectivity index is 1.51. The molecule has 0 unspecified atom stereocenters. The van der Waals surface area contributed by atoms with Gasteiger partial charge in [-0.15, -0.1) is 0 Å². The summed E-state index contributed by atoms with van der Waals surface area (Å²) in [5.74, 6) is 0.129. The summed E-state index contributed by atoms with van der Waals surface area (Å²) in [5.41, 5.74) is -0.171. The van der Waals surface area contributed by atoms with Crippen molar-refractivity contribution < 1.29 is 22.7 Å². The average molecular weight is 408 g/mol. The standard InChI is InChI=1S/C20H23F3N4O2/c21-20(22,23)16-4-1-3-15(13-16)14-25-19(28)17-5-2-6-18(26-17)24-7-8-27-9-11-29-12-10-27/h1-6,13H,7-12,14H2,(H,24,26)(H,25,28). The lowest BCUT2D eigenvalue weighted by molar-refractivity contribution is -0.137. The molecule has 1 aliphatic rings. The maximum Gasteiger partial charge on any atom is 0.416 e. The molecule has 9 heteroatoms. The number of anilines is 1. The van der Waals surface area contributed by atoms with E-state index in [1.165, 1.54) is 12.1 Å². The lowest BCUT2D eigenvalue weighted by Crippen LogP contribution is -2.39. The highest BCUT2D eigenvalue weighted by Gasteiger charge is 2.30. The van der Waals surface area contributed by atoms with Crippen LogP contribution in [0.5, 0.6) is 0 Å². The summed E-state index contributed by atoms with van der Waals surface area (Å²) in [4.78, 5) is 18.9. The molecule has 1 aromatic carbocycles. The number of hydrogen-bond acceptors (Lipinski definition) is 5. The van der Waals surface area contributed by atoms with Gasteiger partial charge in [0.1, 0.15) is 11.5 Å². The largest absolute Gasteiger partial charge is 0.416 e. The van der Waals surface area contributed by atoms with E-state index in [2.05, 4.69) is 20.5 Å². The van der Waals surface area contributed by atoms with Crippen molar-refractivity contribution in [1.82, 2.24) is 15.2 Å². The van der Waals surface area contributed by atoms with Gasteiger partial charge in [0, 0.05) is 32.7 Å². The molecule has 1 aromatic heterocycles. The van der Waals surface area contributed by atoms with Crippen LogP contribution in [0.25, 0.3) is 0 Å². The lowest BCUT2D eigenvalue weighted by atomic mass is 10.1. The van der Waals surface area contributed by atoms with Gasteiger partial charge in [0.25, 0.3) is 5.91 Å². The number of morpholine rings is 1. The summed E-state index contributed by atoms with van der Waals surface area (Å²) in [5, 5.41) is 5.80. The minimum atomic E-state index is -4.41. The molecule has 0 saturated carbocycles. The molecular weight excluding hydrogens is 385 g/mol. The first-order chi connectivity index (χ1) is 13.9. The molecule has 2 N–H and O–H groups in total. The van der Waals surface area contributed by atoms with Gasteiger partial charge in [0.05, 0.1) is 18.8 Å². The highest BCUT2D eigenvalue weighted by Crippen LogP contribution is 2.29. The quantitative estimate of drug-likeness (QED) is 0.738. The smallest absolute Gasteiger partial charge is 0.379 e. The highest BCUT2D eigenvalue weighted by atomic mass is 19.4. The fourth-order valence-corrected chi connectivity index (χ4v) is 2.96. The number of alkyl halides is 3. The zero-order chi connectivity index (χ0) is 20.7. The highest BCUT2D eigenvalue weighted by molar-refractivity contribution is 5.92. The van der Waals surface area contributed by atoms with E-state index in [9.17, 15) is 18.0 Å². The molecule has 29 heavy (non-hydrogen) atoms. The molecule has 3 rings (SSSR count). The number of amides is 1. The molecule has 156 valence electrons. The third-order valence-electron chi connectivity index (χ3n) is 4.53. The van der Waals surface area contributed by atoms with Gasteiger partial charge in [0.15, 0.2) is 0 Å². The molecule has 1 aliphatic heterocycles. The first-order valence-electron chi connectivity index (χ1n) is 9.37. The van der Waals surface area contributed by atoms with Crippen LogP contribution in [0, 0.1) is 0 Å². The fraction of sp³-hybridized carbons (Fsp3) is 0.400. The number of carbonyl (C=O) groups is 1. The first kappa shape index (κ1) is 21.1. The summed E-state index contributed by atoms with van der Waals surface area (Å²) < 4.78 is 43.7. The Morgan fingerprint density at radius 2 is 1.90 bits per heavy atom. The number of nitrogens with one attached hydrogen (secondary N) is 2. The Hall–Kier alpha value is -2.65. The van der Waals surface area contributed by atoms with E-state index in [-0.39, 0.29) is 12.2 Å². The van der Waals surface area contributed by atoms with Crippen LogP contribution in [0.15, 0.2) is 42.5 Å². The van der Waals surface area contributed by atoms with E-state index >= 15 is 0 Å². The van der Waals surface area contributed by atoms with Gasteiger partial charge in [-0.25, -0.2) is 4.98 Å². The van der Waals surface area contributed by atoms with Gasteiger partial charge < -0.3 is 15.4 Å². The van der Waals surface area contributed by atoms with Crippen LogP contribution in [0.1, 0.15) is 21.6 Å². The summed E-state index contributed by atoms with van der Waals surface area (Å²) in [6, 6.07) is 9.92. The maximum atomic E-state index is 12.8. The Bertz CT molecular complexity index is 823. The molecule has 0 atom stereocenters. The van der Waals surface area contributed by atoms with Gasteiger partial charge in [-0.2, -0.15) is 13.2 Å². The van der Waals surface area contributed by atoms with Gasteiger partial charge in [-0.1, -0.05) is 18.2 Å². The molecule has 0 spiro atoms. The van der Waals surface area contributed by atoms with Gasteiger partial charge >= 0.3 is 6.18 Å². The van der Waals surface area contributed by atoms with Crippen LogP contribution in [-0.2, 0) is 17.5 Å². The molecule has 0 aliphatic carbocycles. The summed E-state index contributed by atoms with van der Waals surface area (Å²) in [6.45, 7) is 4.78. The van der Waals surface area contributed by atoms with Gasteiger partial charge in [0.2, 0.25) is 0 Å². The monoisotopic (exact) mass is 408 g/mol. The second-order valence-electron chi connectivity index (χ2n) is 6.67. The van der Waals surface area contributed by atoms with E-state index in [4.69, 9.17) is 4.74 Å². The number of ether oxygens (including phenoxy) is 1. The summed E-state index contributed by atoms with van der Waals surface area (Å²) >= 11 is 0. The average Bonchev–Trinajstić information content (AvgIpc) is 2.73. The van der Waals surface area contributed by atoms with Crippen molar-refractivity contribution in [1.29, 1.82) is 0 Å². The molecule has 1 amide bonds. The molecule has 6 nitrogen and oxygen atoms in total. The third kappa shape index (κ3) is 6.43. The van der Waals surface area contributed by atoms with E-state index < -0.39 is 17.6 Å². The van der Waals surface area contributed by atoms with Crippen LogP contribution in [0.3, 0.4) is 0 Å². The van der Waals surface area contributed by atoms with Crippen LogP contribution in [0.4, 0.5) is 19.0 Å². The molecule has 1 fully saturated rings. The maximum absolute atomic E-state index is 12.8. The Labute approximate surface area is 167 Å². The minimum absolute atomic E-state index is 0.0148. The minimum Gasteiger partial charge on any atom is -0.379 e. The Morgan fingerprint density at radius 1 is 1.14 bits per heavy atom. The normalized spacial score (nSPS) is 15.1. The number of benzene rings is 1.